The largest absolute Gasteiger partial charge is 0.304 e. The van der Waals surface area contributed by atoms with Gasteiger partial charge in [0.25, 0.3) is 0 Å². The summed E-state index contributed by atoms with van der Waals surface area (Å²) in [6.45, 7) is 0.106. The third-order valence-electron chi connectivity index (χ3n) is 2.54. The first-order valence-corrected chi connectivity index (χ1v) is 8.08. The fraction of sp³-hybridized carbons (Fsp3) is 0.182. The normalized spacial score (nSPS) is 11.5. The average molecular weight is 331 g/mol. The highest BCUT2D eigenvalue weighted by Gasteiger charge is 2.20. The zero-order chi connectivity index (χ0) is 15.5. The molecule has 0 aliphatic heterocycles. The minimum Gasteiger partial charge on any atom is -0.258 e. The van der Waals surface area contributed by atoms with E-state index < -0.39 is 26.5 Å². The van der Waals surface area contributed by atoms with Gasteiger partial charge in [0.2, 0.25) is 15.8 Å². The van der Waals surface area contributed by atoms with Crippen LogP contribution in [-0.2, 0) is 16.4 Å². The van der Waals surface area contributed by atoms with Crippen molar-refractivity contribution in [3.8, 4) is 0 Å². The highest BCUT2D eigenvalue weighted by atomic mass is 32.2. The molecular formula is C11H10FN3O4S2. The number of hydrogen-bond acceptors (Lipinski definition) is 6. The fourth-order valence-corrected chi connectivity index (χ4v) is 3.22. The van der Waals surface area contributed by atoms with Gasteiger partial charge in [-0.05, 0) is 6.07 Å². The molecule has 0 unspecified atom stereocenters. The van der Waals surface area contributed by atoms with Crippen molar-refractivity contribution < 1.29 is 17.7 Å². The number of benzene rings is 1. The van der Waals surface area contributed by atoms with Crippen LogP contribution in [0.15, 0.2) is 34.7 Å². The predicted molar refractivity (Wildman–Crippen MR) is 74.1 cm³/mol. The molecule has 0 aliphatic carbocycles. The van der Waals surface area contributed by atoms with E-state index in [1.807, 2.05) is 0 Å². The number of nitrogens with one attached hydrogen (secondary N) is 1. The monoisotopic (exact) mass is 331 g/mol. The van der Waals surface area contributed by atoms with Crippen molar-refractivity contribution in [3.63, 3.8) is 0 Å². The zero-order valence-electron chi connectivity index (χ0n) is 10.5. The molecule has 1 heterocycles. The average Bonchev–Trinajstić information content (AvgIpc) is 2.91. The lowest BCUT2D eigenvalue weighted by Crippen LogP contribution is -2.26. The Morgan fingerprint density at radius 1 is 1.43 bits per heavy atom. The highest BCUT2D eigenvalue weighted by Crippen LogP contribution is 2.20. The Hall–Kier alpha value is -1.91. The number of nitrogens with zero attached hydrogens (tertiary/aromatic N) is 2. The summed E-state index contributed by atoms with van der Waals surface area (Å²) in [7, 11) is -3.91. The van der Waals surface area contributed by atoms with Gasteiger partial charge < -0.3 is 0 Å². The second-order valence-corrected chi connectivity index (χ2v) is 6.69. The summed E-state index contributed by atoms with van der Waals surface area (Å²) in [6, 6.07) is 2.45. The summed E-state index contributed by atoms with van der Waals surface area (Å²) in [5.74, 6) is -1.19. The zero-order valence-corrected chi connectivity index (χ0v) is 12.2. The van der Waals surface area contributed by atoms with Crippen molar-refractivity contribution in [1.82, 2.24) is 9.71 Å². The van der Waals surface area contributed by atoms with Gasteiger partial charge in [-0.15, -0.1) is 11.3 Å². The number of nitro benzene ring substituents is 1. The van der Waals surface area contributed by atoms with Gasteiger partial charge in [0.15, 0.2) is 0 Å². The second kappa shape index (κ2) is 6.24. The van der Waals surface area contributed by atoms with Crippen LogP contribution in [-0.4, -0.2) is 24.9 Å². The first-order chi connectivity index (χ1) is 9.90. The number of nitro groups is 1. The van der Waals surface area contributed by atoms with E-state index in [1.54, 1.807) is 11.6 Å². The van der Waals surface area contributed by atoms with Gasteiger partial charge in [0, 0.05) is 36.7 Å². The molecule has 0 aliphatic rings. The molecule has 0 amide bonds. The van der Waals surface area contributed by atoms with E-state index in [2.05, 4.69) is 9.71 Å². The van der Waals surface area contributed by atoms with Gasteiger partial charge in [-0.25, -0.2) is 18.1 Å². The Labute approximate surface area is 123 Å². The van der Waals surface area contributed by atoms with Crippen molar-refractivity contribution in [1.29, 1.82) is 0 Å². The molecule has 0 saturated carbocycles. The quantitative estimate of drug-likeness (QED) is 0.641. The number of aromatic nitrogens is 1. The lowest BCUT2D eigenvalue weighted by atomic mass is 10.3. The van der Waals surface area contributed by atoms with Crippen LogP contribution in [0.3, 0.4) is 0 Å². The maximum atomic E-state index is 13.4. The first kappa shape index (κ1) is 15.5. The Balaban J connectivity index is 2.08. The van der Waals surface area contributed by atoms with E-state index in [4.69, 9.17) is 0 Å². The summed E-state index contributed by atoms with van der Waals surface area (Å²) in [5, 5.41) is 13.0. The third-order valence-corrected chi connectivity index (χ3v) is 4.84. The summed E-state index contributed by atoms with van der Waals surface area (Å²) >= 11 is 1.40. The molecule has 0 radical (unpaired) electrons. The number of sulfonamides is 1. The Morgan fingerprint density at radius 3 is 2.76 bits per heavy atom. The Kier molecular flexibility index (Phi) is 4.60. The van der Waals surface area contributed by atoms with E-state index in [0.29, 0.717) is 12.5 Å². The number of thiazole rings is 1. The van der Waals surface area contributed by atoms with E-state index in [0.717, 1.165) is 17.1 Å². The van der Waals surface area contributed by atoms with E-state index >= 15 is 0 Å². The second-order valence-electron chi connectivity index (χ2n) is 3.94. The smallest absolute Gasteiger partial charge is 0.258 e. The highest BCUT2D eigenvalue weighted by molar-refractivity contribution is 7.89. The summed E-state index contributed by atoms with van der Waals surface area (Å²) in [5.41, 5.74) is -0.767. The molecule has 7 nitrogen and oxygen atoms in total. The molecule has 2 aromatic rings. The van der Waals surface area contributed by atoms with Gasteiger partial charge in [-0.1, -0.05) is 0 Å². The molecule has 1 aromatic carbocycles. The number of hydrogen-bond donors (Lipinski definition) is 1. The maximum absolute atomic E-state index is 13.4. The van der Waals surface area contributed by atoms with Crippen LogP contribution in [0.25, 0.3) is 0 Å². The fourth-order valence-electron chi connectivity index (χ4n) is 1.55. The van der Waals surface area contributed by atoms with Crippen molar-refractivity contribution in [2.75, 3.05) is 6.54 Å². The molecular weight excluding hydrogens is 321 g/mol. The van der Waals surface area contributed by atoms with Crippen LogP contribution in [0.5, 0.6) is 0 Å². The molecule has 1 N–H and O–H groups in total. The molecule has 0 saturated heterocycles. The molecule has 2 rings (SSSR count). The lowest BCUT2D eigenvalue weighted by Gasteiger charge is -2.06. The van der Waals surface area contributed by atoms with Gasteiger partial charge in [0.1, 0.15) is 0 Å². The lowest BCUT2D eigenvalue weighted by molar-refractivity contribution is -0.387. The van der Waals surface area contributed by atoms with Gasteiger partial charge in [-0.2, -0.15) is 4.39 Å². The topological polar surface area (TPSA) is 102 Å². The number of rotatable bonds is 6. The van der Waals surface area contributed by atoms with E-state index in [9.17, 15) is 22.9 Å². The first-order valence-electron chi connectivity index (χ1n) is 5.72. The van der Waals surface area contributed by atoms with Crippen LogP contribution in [0, 0.1) is 15.9 Å². The summed E-state index contributed by atoms with van der Waals surface area (Å²) < 4.78 is 39.6. The molecule has 0 atom stereocenters. The molecule has 0 bridgehead atoms. The molecule has 0 fully saturated rings. The van der Waals surface area contributed by atoms with Gasteiger partial charge in [-0.3, -0.25) is 10.1 Å². The minimum atomic E-state index is -3.91. The standard InChI is InChI=1S/C11H10FN3O4S2/c12-9-7-8(1-2-10(9)15(16)17)21(18,19)14-4-3-11-13-5-6-20-11/h1-2,5-7,14H,3-4H2. The molecule has 112 valence electrons. The van der Waals surface area contributed by atoms with Gasteiger partial charge >= 0.3 is 5.69 Å². The van der Waals surface area contributed by atoms with Crippen LogP contribution in [0.4, 0.5) is 10.1 Å². The van der Waals surface area contributed by atoms with Gasteiger partial charge in [0.05, 0.1) is 14.8 Å². The SMILES string of the molecule is O=[N+]([O-])c1ccc(S(=O)(=O)NCCc2nccs2)cc1F. The predicted octanol–water partition coefficient (Wildman–Crippen LogP) is 1.71. The van der Waals surface area contributed by atoms with E-state index in [1.165, 1.54) is 11.3 Å². The van der Waals surface area contributed by atoms with Crippen LogP contribution < -0.4 is 4.72 Å². The number of halogens is 1. The summed E-state index contributed by atoms with van der Waals surface area (Å²) in [6.07, 6.45) is 2.02. The van der Waals surface area contributed by atoms with Crippen molar-refractivity contribution in [2.24, 2.45) is 0 Å². The summed E-state index contributed by atoms with van der Waals surface area (Å²) in [4.78, 5) is 13.2. The molecule has 0 spiro atoms. The third kappa shape index (κ3) is 3.80. The maximum Gasteiger partial charge on any atom is 0.304 e. The minimum absolute atomic E-state index is 0.106. The van der Waals surface area contributed by atoms with Crippen LogP contribution >= 0.6 is 11.3 Å². The molecule has 1 aromatic heterocycles. The Bertz CT molecular complexity index is 747. The van der Waals surface area contributed by atoms with Crippen molar-refractivity contribution in [2.45, 2.75) is 11.3 Å². The Morgan fingerprint density at radius 2 is 2.19 bits per heavy atom. The van der Waals surface area contributed by atoms with Crippen LogP contribution in [0.2, 0.25) is 0 Å². The van der Waals surface area contributed by atoms with Crippen molar-refractivity contribution >= 4 is 27.0 Å². The van der Waals surface area contributed by atoms with Crippen molar-refractivity contribution in [3.05, 3.63) is 50.7 Å². The molecule has 10 heteroatoms. The molecule has 21 heavy (non-hydrogen) atoms. The van der Waals surface area contributed by atoms with E-state index in [-0.39, 0.29) is 11.4 Å². The van der Waals surface area contributed by atoms with Crippen LogP contribution in [0.1, 0.15) is 5.01 Å².